The first-order chi connectivity index (χ1) is 5.56. The Morgan fingerprint density at radius 3 is 2.50 bits per heavy atom. The van der Waals surface area contributed by atoms with Crippen LogP contribution in [-0.4, -0.2) is 31.4 Å². The second kappa shape index (κ2) is 5.71. The van der Waals surface area contributed by atoms with E-state index in [-0.39, 0.29) is 24.2 Å². The van der Waals surface area contributed by atoms with Crippen molar-refractivity contribution in [3.05, 3.63) is 0 Å². The number of hydrogen-bond acceptors (Lipinski definition) is 3. The van der Waals surface area contributed by atoms with Gasteiger partial charge in [-0.2, -0.15) is 0 Å². The lowest BCUT2D eigenvalue weighted by atomic mass is 10.3. The summed E-state index contributed by atoms with van der Waals surface area (Å²) in [6, 6.07) is -0.0400. The molecule has 0 radical (unpaired) electrons. The van der Waals surface area contributed by atoms with Gasteiger partial charge in [-0.3, -0.25) is 9.59 Å². The molecule has 1 unspecified atom stereocenters. The van der Waals surface area contributed by atoms with Crippen molar-refractivity contribution >= 4 is 11.7 Å². The predicted octanol–water partition coefficient (Wildman–Crippen LogP) is 0.117. The van der Waals surface area contributed by atoms with Crippen molar-refractivity contribution < 1.29 is 14.3 Å². The average molecular weight is 173 g/mol. The molecule has 1 N–H and O–H groups in total. The van der Waals surface area contributed by atoms with Gasteiger partial charge >= 0.3 is 0 Å². The van der Waals surface area contributed by atoms with Crippen molar-refractivity contribution in [1.82, 2.24) is 5.32 Å². The number of hydrogen-bond donors (Lipinski definition) is 1. The van der Waals surface area contributed by atoms with Gasteiger partial charge in [-0.05, 0) is 13.8 Å². The first kappa shape index (κ1) is 11.1. The van der Waals surface area contributed by atoms with E-state index in [2.05, 4.69) is 5.32 Å². The van der Waals surface area contributed by atoms with E-state index in [9.17, 15) is 9.59 Å². The fraction of sp³-hybridized carbons (Fsp3) is 0.750. The van der Waals surface area contributed by atoms with E-state index in [1.807, 2.05) is 6.92 Å². The number of methoxy groups -OCH3 is 1. The van der Waals surface area contributed by atoms with E-state index in [1.54, 1.807) is 7.11 Å². The van der Waals surface area contributed by atoms with Gasteiger partial charge in [-0.15, -0.1) is 0 Å². The van der Waals surface area contributed by atoms with Crippen LogP contribution in [0.2, 0.25) is 0 Å². The predicted molar refractivity (Wildman–Crippen MR) is 44.8 cm³/mol. The summed E-state index contributed by atoms with van der Waals surface area (Å²) < 4.78 is 4.81. The topological polar surface area (TPSA) is 55.4 Å². The molecule has 1 atom stereocenters. The molecule has 4 heteroatoms. The minimum absolute atomic E-state index is 0.0400. The van der Waals surface area contributed by atoms with Gasteiger partial charge in [0.05, 0.1) is 13.0 Å². The number of nitrogens with one attached hydrogen (secondary N) is 1. The monoisotopic (exact) mass is 173 g/mol. The molecule has 0 spiro atoms. The van der Waals surface area contributed by atoms with Crippen LogP contribution in [0.1, 0.15) is 20.3 Å². The molecular weight excluding hydrogens is 158 g/mol. The lowest BCUT2D eigenvalue weighted by molar-refractivity contribution is -0.127. The second-order valence-electron chi connectivity index (χ2n) is 2.80. The highest BCUT2D eigenvalue weighted by Crippen LogP contribution is 1.86. The lowest BCUT2D eigenvalue weighted by Crippen LogP contribution is -2.36. The average Bonchev–Trinajstić information content (AvgIpc) is 1.84. The molecule has 0 aliphatic rings. The third-order valence-corrected chi connectivity index (χ3v) is 1.23. The van der Waals surface area contributed by atoms with Gasteiger partial charge in [-0.1, -0.05) is 0 Å². The molecule has 12 heavy (non-hydrogen) atoms. The zero-order valence-corrected chi connectivity index (χ0v) is 7.72. The van der Waals surface area contributed by atoms with Gasteiger partial charge in [0.2, 0.25) is 5.91 Å². The van der Waals surface area contributed by atoms with Crippen molar-refractivity contribution in [3.8, 4) is 0 Å². The fourth-order valence-electron chi connectivity index (χ4n) is 0.844. The van der Waals surface area contributed by atoms with Crippen LogP contribution in [0.5, 0.6) is 0 Å². The minimum Gasteiger partial charge on any atom is -0.383 e. The maximum absolute atomic E-state index is 11.0. The standard InChI is InChI=1S/C8H15NO3/c1-6(5-12-3)9-8(11)4-7(2)10/h6H,4-5H2,1-3H3,(H,9,11). The third kappa shape index (κ3) is 5.85. The van der Waals surface area contributed by atoms with E-state index in [0.717, 1.165) is 0 Å². The molecule has 4 nitrogen and oxygen atoms in total. The van der Waals surface area contributed by atoms with Crippen LogP contribution in [0, 0.1) is 0 Å². The minimum atomic E-state index is -0.243. The number of carbonyl (C=O) groups is 2. The van der Waals surface area contributed by atoms with E-state index >= 15 is 0 Å². The van der Waals surface area contributed by atoms with Crippen LogP contribution in [-0.2, 0) is 14.3 Å². The van der Waals surface area contributed by atoms with Gasteiger partial charge in [0, 0.05) is 13.2 Å². The van der Waals surface area contributed by atoms with E-state index in [4.69, 9.17) is 4.74 Å². The SMILES string of the molecule is COCC(C)NC(=O)CC(C)=O. The normalized spacial score (nSPS) is 12.2. The molecule has 0 bridgehead atoms. The Labute approximate surface area is 72.3 Å². The Hall–Kier alpha value is -0.900. The van der Waals surface area contributed by atoms with Gasteiger partial charge in [0.1, 0.15) is 5.78 Å². The molecule has 0 aromatic heterocycles. The first-order valence-corrected chi connectivity index (χ1v) is 3.84. The Balaban J connectivity index is 3.61. The van der Waals surface area contributed by atoms with Crippen molar-refractivity contribution in [2.45, 2.75) is 26.3 Å². The third-order valence-electron chi connectivity index (χ3n) is 1.23. The highest BCUT2D eigenvalue weighted by molar-refractivity contribution is 5.96. The number of ketones is 1. The van der Waals surface area contributed by atoms with Crippen LogP contribution in [0.3, 0.4) is 0 Å². The van der Waals surface area contributed by atoms with Crippen molar-refractivity contribution in [2.75, 3.05) is 13.7 Å². The molecule has 0 saturated heterocycles. The summed E-state index contributed by atoms with van der Waals surface area (Å²) in [5.74, 6) is -0.371. The van der Waals surface area contributed by atoms with Gasteiger partial charge < -0.3 is 10.1 Å². The number of rotatable bonds is 5. The maximum Gasteiger partial charge on any atom is 0.227 e. The quantitative estimate of drug-likeness (QED) is 0.601. The van der Waals surface area contributed by atoms with Crippen LogP contribution in [0.15, 0.2) is 0 Å². The molecule has 1 amide bonds. The molecule has 0 fully saturated rings. The highest BCUT2D eigenvalue weighted by atomic mass is 16.5. The molecule has 0 aliphatic heterocycles. The molecule has 0 aliphatic carbocycles. The lowest BCUT2D eigenvalue weighted by Gasteiger charge is -2.11. The van der Waals surface area contributed by atoms with Crippen molar-refractivity contribution in [1.29, 1.82) is 0 Å². The summed E-state index contributed by atoms with van der Waals surface area (Å²) >= 11 is 0. The summed E-state index contributed by atoms with van der Waals surface area (Å²) in [4.78, 5) is 21.5. The van der Waals surface area contributed by atoms with E-state index in [0.29, 0.717) is 6.61 Å². The largest absolute Gasteiger partial charge is 0.383 e. The summed E-state index contributed by atoms with van der Waals surface area (Å²) in [7, 11) is 1.56. The Bertz CT molecular complexity index is 168. The summed E-state index contributed by atoms with van der Waals surface area (Å²) in [5, 5.41) is 2.63. The van der Waals surface area contributed by atoms with Crippen LogP contribution in [0.4, 0.5) is 0 Å². The summed E-state index contributed by atoms with van der Waals surface area (Å²) in [5.41, 5.74) is 0. The summed E-state index contributed by atoms with van der Waals surface area (Å²) in [6.07, 6.45) is -0.0476. The maximum atomic E-state index is 11.0. The molecule has 70 valence electrons. The van der Waals surface area contributed by atoms with Crippen LogP contribution in [0.25, 0.3) is 0 Å². The van der Waals surface area contributed by atoms with Crippen LogP contribution >= 0.6 is 0 Å². The number of carbonyl (C=O) groups excluding carboxylic acids is 2. The van der Waals surface area contributed by atoms with E-state index < -0.39 is 0 Å². The molecule has 0 heterocycles. The number of ether oxygens (including phenoxy) is 1. The van der Waals surface area contributed by atoms with Crippen LogP contribution < -0.4 is 5.32 Å². The zero-order chi connectivity index (χ0) is 9.56. The molecular formula is C8H15NO3. The Kier molecular flexibility index (Phi) is 5.28. The Morgan fingerprint density at radius 1 is 1.50 bits per heavy atom. The molecule has 0 aromatic carbocycles. The zero-order valence-electron chi connectivity index (χ0n) is 7.72. The molecule has 0 rings (SSSR count). The number of Topliss-reactive ketones (excluding diaryl/α,β-unsaturated/α-hetero) is 1. The Morgan fingerprint density at radius 2 is 2.08 bits per heavy atom. The van der Waals surface area contributed by atoms with Gasteiger partial charge in [0.25, 0.3) is 0 Å². The highest BCUT2D eigenvalue weighted by Gasteiger charge is 2.08. The van der Waals surface area contributed by atoms with Crippen molar-refractivity contribution in [3.63, 3.8) is 0 Å². The second-order valence-corrected chi connectivity index (χ2v) is 2.80. The van der Waals surface area contributed by atoms with E-state index in [1.165, 1.54) is 6.92 Å². The van der Waals surface area contributed by atoms with Gasteiger partial charge in [-0.25, -0.2) is 0 Å². The fourth-order valence-corrected chi connectivity index (χ4v) is 0.844. The number of amides is 1. The first-order valence-electron chi connectivity index (χ1n) is 3.84. The summed E-state index contributed by atoms with van der Waals surface area (Å²) in [6.45, 7) is 3.67. The van der Waals surface area contributed by atoms with Gasteiger partial charge in [0.15, 0.2) is 0 Å². The molecule has 0 saturated carbocycles. The molecule has 0 aromatic rings. The smallest absolute Gasteiger partial charge is 0.227 e. The van der Waals surface area contributed by atoms with Crippen molar-refractivity contribution in [2.24, 2.45) is 0 Å².